The van der Waals surface area contributed by atoms with Crippen molar-refractivity contribution in [3.8, 4) is 0 Å². The number of aromatic nitrogens is 4. The van der Waals surface area contributed by atoms with Crippen molar-refractivity contribution in [3.63, 3.8) is 0 Å². The van der Waals surface area contributed by atoms with E-state index < -0.39 is 23.9 Å². The predicted molar refractivity (Wildman–Crippen MR) is 214 cm³/mol. The van der Waals surface area contributed by atoms with E-state index in [0.29, 0.717) is 0 Å². The van der Waals surface area contributed by atoms with Crippen molar-refractivity contribution in [2.75, 3.05) is 0 Å². The van der Waals surface area contributed by atoms with E-state index in [4.69, 9.17) is 10.2 Å². The number of aromatic carboxylic acids is 4. The second-order valence-corrected chi connectivity index (χ2v) is 15.5. The van der Waals surface area contributed by atoms with E-state index in [1.165, 1.54) is 0 Å². The number of carbonyl (C=O) groups excluding carboxylic acids is 2. The fourth-order valence-corrected chi connectivity index (χ4v) is 9.41. The van der Waals surface area contributed by atoms with Gasteiger partial charge in [0.05, 0.1) is 23.1 Å². The molecule has 0 bridgehead atoms. The third-order valence-corrected chi connectivity index (χ3v) is 14.6. The highest BCUT2D eigenvalue weighted by atomic mass is 79.9. The van der Waals surface area contributed by atoms with Gasteiger partial charge in [-0.05, 0) is 152 Å². The van der Waals surface area contributed by atoms with E-state index in [9.17, 15) is 29.4 Å². The topological polar surface area (TPSA) is 278 Å². The fraction of sp³-hybridized carbons (Fsp3) is 0. The molecule has 2 heterocycles. The van der Waals surface area contributed by atoms with Gasteiger partial charge in [0.2, 0.25) is 12.7 Å². The van der Waals surface area contributed by atoms with Crippen molar-refractivity contribution in [3.05, 3.63) is 119 Å². The summed E-state index contributed by atoms with van der Waals surface area (Å²) in [5.41, 5.74) is 4.12. The number of carbonyl (C=O) groups is 4. The standard InChI is InChI=1S/2C8H2Br4O4.2C7H6N2.2H2O/c2*9-3-1(7(13)14)4(10)6(12)2(5(3)11)8(15)16;2*1-2-4-7-6(3-1)8-5-9-7;;/h2*(H,13,14)(H,15,16);2*1-5H,(H,8,9);2*1H2. The summed E-state index contributed by atoms with van der Waals surface area (Å²) in [6.07, 6.45) is 3.65. The summed E-state index contributed by atoms with van der Waals surface area (Å²) in [7, 11) is 0. The Hall–Kier alpha value is -2.54. The number of carboxylic acid groups (broad SMARTS) is 4. The van der Waals surface area contributed by atoms with Gasteiger partial charge in [0.15, 0.2) is 22.1 Å². The Morgan fingerprint density at radius 2 is 0.731 bits per heavy atom. The number of benzene rings is 4. The van der Waals surface area contributed by atoms with Crippen LogP contribution in [-0.2, 0) is 0 Å². The minimum Gasteiger partial charge on any atom is -0.545 e. The molecule has 276 valence electrons. The third kappa shape index (κ3) is 11.2. The SMILES string of the molecule is O.O.O=C(O)c1c(Br)c(Br)c(C(=O)O)c(Br)c1Br.O=C([O-])c1c(Br)c(Br)c(C(=O)[O-])c(Br)c1Br.c1ccc2[nH+]c[nH]c2c1.c1ccc2[nH+]c[nH]c2c1. The molecule has 0 fully saturated rings. The molecule has 0 aliphatic carbocycles. The maximum absolute atomic E-state index is 11.0. The van der Waals surface area contributed by atoms with Crippen molar-refractivity contribution in [2.45, 2.75) is 0 Å². The average Bonchev–Trinajstić information content (AvgIpc) is 3.74. The first-order chi connectivity index (χ1) is 23.5. The number of H-pyrrole nitrogens is 4. The predicted octanol–water partition coefficient (Wildman–Crippen LogP) is 5.91. The number of nitrogens with one attached hydrogen (secondary N) is 4. The summed E-state index contributed by atoms with van der Waals surface area (Å²) in [6.45, 7) is 0. The Morgan fingerprint density at radius 3 is 0.962 bits per heavy atom. The molecule has 0 saturated heterocycles. The van der Waals surface area contributed by atoms with Gasteiger partial charge in [-0.25, -0.2) is 29.5 Å². The number of para-hydroxylation sites is 4. The maximum Gasteiger partial charge on any atom is 0.338 e. The first-order valence-electron chi connectivity index (χ1n) is 13.0. The van der Waals surface area contributed by atoms with Crippen LogP contribution >= 0.6 is 127 Å². The molecule has 0 aliphatic rings. The van der Waals surface area contributed by atoms with Gasteiger partial charge in [-0.2, -0.15) is 0 Å². The molecule has 52 heavy (non-hydrogen) atoms. The van der Waals surface area contributed by atoms with Crippen molar-refractivity contribution in [1.82, 2.24) is 9.97 Å². The largest absolute Gasteiger partial charge is 0.545 e. The van der Waals surface area contributed by atoms with Crippen LogP contribution in [0.3, 0.4) is 0 Å². The number of carboxylic acids is 4. The molecule has 0 unspecified atom stereocenters. The van der Waals surface area contributed by atoms with Crippen LogP contribution in [0.1, 0.15) is 41.4 Å². The monoisotopic (exact) mass is 1230 g/mol. The smallest absolute Gasteiger partial charge is 0.338 e. The van der Waals surface area contributed by atoms with Gasteiger partial charge in [0.25, 0.3) is 0 Å². The Morgan fingerprint density at radius 1 is 0.481 bits per heavy atom. The minimum atomic E-state index is -1.44. The molecular weight excluding hydrogens is 1220 g/mol. The Balaban J connectivity index is 0.000000352. The van der Waals surface area contributed by atoms with Crippen LogP contribution in [0.2, 0.25) is 0 Å². The zero-order valence-electron chi connectivity index (χ0n) is 25.1. The molecule has 2 aromatic heterocycles. The molecule has 14 nitrogen and oxygen atoms in total. The number of hydrogen-bond donors (Lipinski definition) is 4. The van der Waals surface area contributed by atoms with Crippen LogP contribution in [0, 0.1) is 0 Å². The molecule has 10 N–H and O–H groups in total. The number of halogens is 8. The van der Waals surface area contributed by atoms with E-state index in [1.54, 1.807) is 0 Å². The molecule has 6 rings (SSSR count). The summed E-state index contributed by atoms with van der Waals surface area (Å²) in [6, 6.07) is 16.2. The highest BCUT2D eigenvalue weighted by molar-refractivity contribution is 9.14. The molecule has 6 aromatic rings. The van der Waals surface area contributed by atoms with Crippen molar-refractivity contribution >= 4 is 173 Å². The van der Waals surface area contributed by atoms with Crippen molar-refractivity contribution in [2.24, 2.45) is 0 Å². The molecule has 0 radical (unpaired) electrons. The van der Waals surface area contributed by atoms with Crippen LogP contribution < -0.4 is 20.2 Å². The van der Waals surface area contributed by atoms with Crippen LogP contribution in [0.25, 0.3) is 22.1 Å². The zero-order valence-corrected chi connectivity index (χ0v) is 37.8. The maximum atomic E-state index is 11.0. The lowest BCUT2D eigenvalue weighted by molar-refractivity contribution is -0.344. The van der Waals surface area contributed by atoms with Crippen LogP contribution in [0.4, 0.5) is 0 Å². The first kappa shape index (κ1) is 47.5. The molecule has 4 aromatic carbocycles. The molecule has 22 heteroatoms. The minimum absolute atomic E-state index is 0. The highest BCUT2D eigenvalue weighted by Gasteiger charge is 2.26. The van der Waals surface area contributed by atoms with E-state index in [1.807, 2.05) is 61.2 Å². The highest BCUT2D eigenvalue weighted by Crippen LogP contribution is 2.42. The molecule has 0 aliphatic heterocycles. The van der Waals surface area contributed by atoms with Gasteiger partial charge < -0.3 is 41.0 Å². The lowest BCUT2D eigenvalue weighted by Crippen LogP contribution is -2.27. The van der Waals surface area contributed by atoms with Gasteiger partial charge in [0, 0.05) is 46.9 Å². The molecule has 0 amide bonds. The number of fused-ring (bicyclic) bond motifs is 2. The number of imidazole rings is 2. The molecule has 0 atom stereocenters. The van der Waals surface area contributed by atoms with Gasteiger partial charge in [-0.3, -0.25) is 0 Å². The van der Waals surface area contributed by atoms with Gasteiger partial charge in [-0.15, -0.1) is 0 Å². The lowest BCUT2D eigenvalue weighted by atomic mass is 10.1. The summed E-state index contributed by atoms with van der Waals surface area (Å²) in [5, 5.41) is 39.7. The average molecular weight is 1240 g/mol. The second kappa shape index (κ2) is 21.4. The van der Waals surface area contributed by atoms with E-state index in [-0.39, 0.29) is 69.0 Å². The van der Waals surface area contributed by atoms with Crippen LogP contribution in [-0.4, -0.2) is 55.0 Å². The van der Waals surface area contributed by atoms with Crippen LogP contribution in [0.15, 0.2) is 97.0 Å². The van der Waals surface area contributed by atoms with Crippen molar-refractivity contribution in [1.29, 1.82) is 0 Å². The van der Waals surface area contributed by atoms with Gasteiger partial charge >= 0.3 is 11.9 Å². The molecule has 0 spiro atoms. The van der Waals surface area contributed by atoms with Gasteiger partial charge in [-0.1, -0.05) is 24.3 Å². The first-order valence-corrected chi connectivity index (χ1v) is 19.3. The summed E-state index contributed by atoms with van der Waals surface area (Å²) in [4.78, 5) is 55.9. The summed E-state index contributed by atoms with van der Waals surface area (Å²) in [5.74, 6) is -5.22. The van der Waals surface area contributed by atoms with E-state index in [0.717, 1.165) is 22.1 Å². The van der Waals surface area contributed by atoms with E-state index in [2.05, 4.69) is 147 Å². The van der Waals surface area contributed by atoms with Gasteiger partial charge in [0.1, 0.15) is 0 Å². The number of aromatic amines is 4. The zero-order chi connectivity index (χ0) is 37.4. The van der Waals surface area contributed by atoms with Crippen LogP contribution in [0.5, 0.6) is 0 Å². The second-order valence-electron chi connectivity index (χ2n) is 9.15. The number of hydrogen-bond acceptors (Lipinski definition) is 6. The summed E-state index contributed by atoms with van der Waals surface area (Å²) >= 11 is 24.1. The van der Waals surface area contributed by atoms with E-state index >= 15 is 0 Å². The molecular formula is C30H20Br8N4O10. The summed E-state index contributed by atoms with van der Waals surface area (Å²) < 4.78 is 0.979. The third-order valence-electron chi connectivity index (χ3n) is 6.13. The molecule has 0 saturated carbocycles. The lowest BCUT2D eigenvalue weighted by Gasteiger charge is -2.17. The quantitative estimate of drug-likeness (QED) is 0.154. The Labute approximate surface area is 359 Å². The Kier molecular flexibility index (Phi) is 19.5. The normalized spacial score (nSPS) is 9.85. The fourth-order valence-electron chi connectivity index (χ4n) is 3.85. The Bertz CT molecular complexity index is 1900. The van der Waals surface area contributed by atoms with Crippen molar-refractivity contribution < 1.29 is 60.5 Å². The number of rotatable bonds is 4.